The lowest BCUT2D eigenvalue weighted by Crippen LogP contribution is -2.36. The minimum atomic E-state index is -0.275. The van der Waals surface area contributed by atoms with Gasteiger partial charge in [-0.25, -0.2) is 0 Å². The summed E-state index contributed by atoms with van der Waals surface area (Å²) in [5, 5.41) is 5.75. The molecule has 2 N–H and O–H groups in total. The van der Waals surface area contributed by atoms with Gasteiger partial charge in [0.2, 0.25) is 11.8 Å². The Balaban J connectivity index is 1.48. The number of thioether (sulfide) groups is 1. The van der Waals surface area contributed by atoms with Crippen molar-refractivity contribution in [3.8, 4) is 0 Å². The molecule has 0 heterocycles. The predicted octanol–water partition coefficient (Wildman–Crippen LogP) is 4.25. The summed E-state index contributed by atoms with van der Waals surface area (Å²) in [7, 11) is 0. The number of rotatable bonds is 6. The number of benzene rings is 2. The van der Waals surface area contributed by atoms with Crippen LogP contribution in [0.15, 0.2) is 48.5 Å². The van der Waals surface area contributed by atoms with Crippen LogP contribution in [0, 0.1) is 6.92 Å². The van der Waals surface area contributed by atoms with Crippen molar-refractivity contribution in [2.45, 2.75) is 44.4 Å². The van der Waals surface area contributed by atoms with Crippen LogP contribution in [0.2, 0.25) is 0 Å². The molecule has 1 aliphatic carbocycles. The molecule has 0 bridgehead atoms. The summed E-state index contributed by atoms with van der Waals surface area (Å²) < 4.78 is 0. The lowest BCUT2D eigenvalue weighted by molar-refractivity contribution is -0.121. The highest BCUT2D eigenvalue weighted by Gasteiger charge is 2.24. The molecule has 27 heavy (non-hydrogen) atoms. The minimum absolute atomic E-state index is 0.00941. The monoisotopic (exact) mass is 382 g/mol. The van der Waals surface area contributed by atoms with Crippen molar-refractivity contribution >= 4 is 29.3 Å². The number of hydrogen-bond donors (Lipinski definition) is 2. The molecular weight excluding hydrogens is 356 g/mol. The summed E-state index contributed by atoms with van der Waals surface area (Å²) in [6.45, 7) is 3.86. The van der Waals surface area contributed by atoms with Crippen LogP contribution in [0.4, 0.5) is 5.69 Å². The van der Waals surface area contributed by atoms with Gasteiger partial charge in [0.15, 0.2) is 0 Å². The SMILES string of the molecule is Cc1ccc(NC(=O)CS[C@@H](C)C(=O)N[C@@H]2CCCc3ccccc32)cc1. The zero-order valence-electron chi connectivity index (χ0n) is 15.8. The molecule has 0 saturated carbocycles. The summed E-state index contributed by atoms with van der Waals surface area (Å²) in [6.07, 6.45) is 3.13. The molecule has 0 radical (unpaired) electrons. The number of carbonyl (C=O) groups excluding carboxylic acids is 2. The molecule has 0 fully saturated rings. The zero-order valence-corrected chi connectivity index (χ0v) is 16.6. The maximum absolute atomic E-state index is 12.6. The third kappa shape index (κ3) is 5.36. The van der Waals surface area contributed by atoms with Gasteiger partial charge in [0, 0.05) is 5.69 Å². The highest BCUT2D eigenvalue weighted by Crippen LogP contribution is 2.29. The van der Waals surface area contributed by atoms with Crippen LogP contribution in [0.25, 0.3) is 0 Å². The van der Waals surface area contributed by atoms with E-state index < -0.39 is 0 Å². The second-order valence-corrected chi connectivity index (χ2v) is 8.35. The van der Waals surface area contributed by atoms with Crippen LogP contribution in [0.5, 0.6) is 0 Å². The number of amides is 2. The topological polar surface area (TPSA) is 58.2 Å². The maximum Gasteiger partial charge on any atom is 0.234 e. The van der Waals surface area contributed by atoms with E-state index >= 15 is 0 Å². The third-order valence-corrected chi connectivity index (χ3v) is 6.00. The van der Waals surface area contributed by atoms with E-state index in [1.165, 1.54) is 22.9 Å². The van der Waals surface area contributed by atoms with E-state index in [-0.39, 0.29) is 28.9 Å². The van der Waals surface area contributed by atoms with E-state index in [2.05, 4.69) is 22.8 Å². The van der Waals surface area contributed by atoms with Gasteiger partial charge in [-0.15, -0.1) is 11.8 Å². The number of hydrogen-bond acceptors (Lipinski definition) is 3. The fourth-order valence-corrected chi connectivity index (χ4v) is 4.00. The van der Waals surface area contributed by atoms with Gasteiger partial charge in [0.1, 0.15) is 0 Å². The van der Waals surface area contributed by atoms with Crippen LogP contribution in [-0.4, -0.2) is 22.8 Å². The second kappa shape index (κ2) is 9.09. The van der Waals surface area contributed by atoms with Gasteiger partial charge in [-0.3, -0.25) is 9.59 Å². The van der Waals surface area contributed by atoms with Gasteiger partial charge in [-0.05, 0) is 56.4 Å². The van der Waals surface area contributed by atoms with E-state index in [0.29, 0.717) is 0 Å². The molecular formula is C22H26N2O2S. The predicted molar refractivity (Wildman–Crippen MR) is 112 cm³/mol. The Morgan fingerprint density at radius 2 is 1.89 bits per heavy atom. The van der Waals surface area contributed by atoms with Gasteiger partial charge in [-0.2, -0.15) is 0 Å². The van der Waals surface area contributed by atoms with E-state index in [0.717, 1.165) is 30.5 Å². The number of anilines is 1. The van der Waals surface area contributed by atoms with Gasteiger partial charge < -0.3 is 10.6 Å². The van der Waals surface area contributed by atoms with Crippen molar-refractivity contribution < 1.29 is 9.59 Å². The Kier molecular flexibility index (Phi) is 6.56. The van der Waals surface area contributed by atoms with Crippen LogP contribution >= 0.6 is 11.8 Å². The van der Waals surface area contributed by atoms with E-state index in [4.69, 9.17) is 0 Å². The smallest absolute Gasteiger partial charge is 0.234 e. The molecule has 2 atom stereocenters. The quantitative estimate of drug-likeness (QED) is 0.785. The first-order valence-electron chi connectivity index (χ1n) is 9.39. The average Bonchev–Trinajstić information content (AvgIpc) is 2.68. The molecule has 5 heteroatoms. The number of fused-ring (bicyclic) bond motifs is 1. The standard InChI is InChI=1S/C22H26N2O2S/c1-15-10-12-18(13-11-15)23-21(25)14-27-16(2)22(26)24-20-9-5-7-17-6-3-4-8-19(17)20/h3-4,6,8,10-13,16,20H,5,7,9,14H2,1-2H3,(H,23,25)(H,24,26)/t16-,20+/m0/s1. The first-order valence-corrected chi connectivity index (χ1v) is 10.4. The number of carbonyl (C=O) groups is 2. The summed E-state index contributed by atoms with van der Waals surface area (Å²) >= 11 is 1.36. The fourth-order valence-electron chi connectivity index (χ4n) is 3.30. The molecule has 142 valence electrons. The molecule has 2 amide bonds. The molecule has 2 aromatic carbocycles. The van der Waals surface area contributed by atoms with Crippen LogP contribution < -0.4 is 10.6 Å². The van der Waals surface area contributed by atoms with Crippen molar-refractivity contribution in [1.82, 2.24) is 5.32 Å². The minimum Gasteiger partial charge on any atom is -0.348 e. The highest BCUT2D eigenvalue weighted by atomic mass is 32.2. The molecule has 3 rings (SSSR count). The summed E-state index contributed by atoms with van der Waals surface area (Å²) in [5.41, 5.74) is 4.48. The molecule has 0 aliphatic heterocycles. The summed E-state index contributed by atoms with van der Waals surface area (Å²) in [4.78, 5) is 24.7. The lowest BCUT2D eigenvalue weighted by atomic mass is 9.88. The number of aryl methyl sites for hydroxylation is 2. The van der Waals surface area contributed by atoms with E-state index in [1.54, 1.807) is 0 Å². The van der Waals surface area contributed by atoms with Crippen LogP contribution in [0.1, 0.15) is 42.5 Å². The lowest BCUT2D eigenvalue weighted by Gasteiger charge is -2.27. The second-order valence-electron chi connectivity index (χ2n) is 7.02. The third-order valence-electron chi connectivity index (χ3n) is 4.85. The normalized spacial score (nSPS) is 16.9. The van der Waals surface area contributed by atoms with Crippen molar-refractivity contribution in [1.29, 1.82) is 0 Å². The Hall–Kier alpha value is -2.27. The molecule has 2 aromatic rings. The summed E-state index contributed by atoms with van der Waals surface area (Å²) in [6, 6.07) is 16.1. The first-order chi connectivity index (χ1) is 13.0. The van der Waals surface area contributed by atoms with Gasteiger partial charge in [-0.1, -0.05) is 42.0 Å². The molecule has 4 nitrogen and oxygen atoms in total. The molecule has 0 unspecified atom stereocenters. The molecule has 0 spiro atoms. The largest absolute Gasteiger partial charge is 0.348 e. The maximum atomic E-state index is 12.6. The van der Waals surface area contributed by atoms with Crippen LogP contribution in [0.3, 0.4) is 0 Å². The fraction of sp³-hybridized carbons (Fsp3) is 0.364. The van der Waals surface area contributed by atoms with Gasteiger partial charge >= 0.3 is 0 Å². The van der Waals surface area contributed by atoms with E-state index in [9.17, 15) is 9.59 Å². The zero-order chi connectivity index (χ0) is 19.2. The molecule has 0 saturated heterocycles. The van der Waals surface area contributed by atoms with Crippen molar-refractivity contribution in [2.24, 2.45) is 0 Å². The Morgan fingerprint density at radius 3 is 2.67 bits per heavy atom. The van der Waals surface area contributed by atoms with Crippen molar-refractivity contribution in [2.75, 3.05) is 11.1 Å². The first kappa shape index (κ1) is 19.5. The highest BCUT2D eigenvalue weighted by molar-refractivity contribution is 8.01. The van der Waals surface area contributed by atoms with Gasteiger partial charge in [0.25, 0.3) is 0 Å². The van der Waals surface area contributed by atoms with Crippen molar-refractivity contribution in [3.05, 3.63) is 65.2 Å². The molecule has 0 aromatic heterocycles. The molecule has 1 aliphatic rings. The average molecular weight is 383 g/mol. The Bertz CT molecular complexity index is 804. The number of nitrogens with one attached hydrogen (secondary N) is 2. The van der Waals surface area contributed by atoms with Crippen molar-refractivity contribution in [3.63, 3.8) is 0 Å². The van der Waals surface area contributed by atoms with Crippen LogP contribution in [-0.2, 0) is 16.0 Å². The Morgan fingerprint density at radius 1 is 1.15 bits per heavy atom. The van der Waals surface area contributed by atoms with Gasteiger partial charge in [0.05, 0.1) is 17.0 Å². The van der Waals surface area contributed by atoms with E-state index in [1.807, 2.05) is 50.2 Å². The Labute approximate surface area is 165 Å². The summed E-state index contributed by atoms with van der Waals surface area (Å²) in [5.74, 6) is 0.153.